The second-order valence-corrected chi connectivity index (χ2v) is 5.13. The quantitative estimate of drug-likeness (QED) is 0.776. The summed E-state index contributed by atoms with van der Waals surface area (Å²) < 4.78 is 0. The highest BCUT2D eigenvalue weighted by Crippen LogP contribution is 2.28. The molecule has 0 aliphatic heterocycles. The van der Waals surface area contributed by atoms with Crippen molar-refractivity contribution in [2.24, 2.45) is 0 Å². The van der Waals surface area contributed by atoms with Crippen molar-refractivity contribution in [3.8, 4) is 17.4 Å². The molecular weight excluding hydrogens is 260 g/mol. The van der Waals surface area contributed by atoms with Crippen LogP contribution in [0.15, 0.2) is 29.6 Å². The summed E-state index contributed by atoms with van der Waals surface area (Å²) in [4.78, 5) is 14.9. The van der Waals surface area contributed by atoms with E-state index in [9.17, 15) is 5.11 Å². The van der Waals surface area contributed by atoms with Crippen LogP contribution in [0.25, 0.3) is 22.4 Å². The van der Waals surface area contributed by atoms with Crippen LogP contribution in [-0.2, 0) is 0 Å². The van der Waals surface area contributed by atoms with Crippen molar-refractivity contribution in [3.63, 3.8) is 0 Å². The molecule has 0 unspecified atom stereocenters. The third-order valence-corrected chi connectivity index (χ3v) is 3.70. The van der Waals surface area contributed by atoms with Crippen LogP contribution in [0.3, 0.4) is 0 Å². The van der Waals surface area contributed by atoms with Crippen LogP contribution >= 0.6 is 11.3 Å². The zero-order valence-electron chi connectivity index (χ0n) is 10.5. The van der Waals surface area contributed by atoms with Crippen LogP contribution < -0.4 is 4.90 Å². The number of benzene rings is 1. The van der Waals surface area contributed by atoms with Crippen molar-refractivity contribution >= 4 is 27.4 Å². The van der Waals surface area contributed by atoms with Gasteiger partial charge in [0.1, 0.15) is 5.69 Å². The Balaban J connectivity index is 2.14. The van der Waals surface area contributed by atoms with E-state index in [4.69, 9.17) is 0 Å². The van der Waals surface area contributed by atoms with E-state index in [1.807, 2.05) is 42.6 Å². The lowest BCUT2D eigenvalue weighted by atomic mass is 10.2. The van der Waals surface area contributed by atoms with Crippen LogP contribution in [0.2, 0.25) is 0 Å². The maximum atomic E-state index is 9.94. The molecule has 0 aliphatic rings. The Morgan fingerprint density at radius 2 is 1.89 bits per heavy atom. The number of fused-ring (bicyclic) bond motifs is 1. The van der Waals surface area contributed by atoms with Crippen LogP contribution in [0.4, 0.5) is 5.13 Å². The fourth-order valence-corrected chi connectivity index (χ4v) is 2.48. The molecule has 3 aromatic rings. The molecule has 5 nitrogen and oxygen atoms in total. The first kappa shape index (κ1) is 11.9. The molecule has 0 amide bonds. The van der Waals surface area contributed by atoms with Gasteiger partial charge in [-0.1, -0.05) is 12.1 Å². The smallest absolute Gasteiger partial charge is 0.222 e. The standard InChI is InChI=1S/C13H12N4OS/c1-17(2)13-15-10(7-19-13)11-14-9-6-4-3-5-8(9)12(18)16-11/h3-7H,1-2H3,(H,14,16,18). The van der Waals surface area contributed by atoms with Gasteiger partial charge in [-0.2, -0.15) is 4.98 Å². The average molecular weight is 272 g/mol. The third-order valence-electron chi connectivity index (χ3n) is 2.69. The summed E-state index contributed by atoms with van der Waals surface area (Å²) in [5.74, 6) is 0.431. The van der Waals surface area contributed by atoms with Gasteiger partial charge in [0.2, 0.25) is 5.88 Å². The monoisotopic (exact) mass is 272 g/mol. The Hall–Kier alpha value is -2.21. The number of nitrogens with zero attached hydrogens (tertiary/aromatic N) is 4. The summed E-state index contributed by atoms with van der Waals surface area (Å²) in [7, 11) is 3.86. The van der Waals surface area contributed by atoms with Gasteiger partial charge in [0.25, 0.3) is 0 Å². The molecule has 0 atom stereocenters. The molecule has 6 heteroatoms. The molecule has 0 radical (unpaired) electrons. The van der Waals surface area contributed by atoms with Crippen LogP contribution in [0, 0.1) is 0 Å². The van der Waals surface area contributed by atoms with Gasteiger partial charge in [-0.15, -0.1) is 11.3 Å². The number of thiazole rings is 1. The number of para-hydroxylation sites is 1. The lowest BCUT2D eigenvalue weighted by Crippen LogP contribution is -2.07. The maximum absolute atomic E-state index is 9.94. The molecule has 1 N–H and O–H groups in total. The summed E-state index contributed by atoms with van der Waals surface area (Å²) >= 11 is 1.52. The van der Waals surface area contributed by atoms with E-state index in [0.717, 1.165) is 5.13 Å². The van der Waals surface area contributed by atoms with E-state index in [1.54, 1.807) is 6.07 Å². The Morgan fingerprint density at radius 1 is 1.11 bits per heavy atom. The summed E-state index contributed by atoms with van der Waals surface area (Å²) in [6, 6.07) is 7.36. The number of anilines is 1. The third kappa shape index (κ3) is 2.10. The zero-order chi connectivity index (χ0) is 13.4. The number of aromatic nitrogens is 3. The summed E-state index contributed by atoms with van der Waals surface area (Å²) in [5, 5.41) is 13.4. The first-order chi connectivity index (χ1) is 9.15. The van der Waals surface area contributed by atoms with Crippen molar-refractivity contribution in [1.29, 1.82) is 0 Å². The number of hydrogen-bond acceptors (Lipinski definition) is 6. The van der Waals surface area contributed by atoms with Crippen LogP contribution in [0.1, 0.15) is 0 Å². The average Bonchev–Trinajstić information content (AvgIpc) is 2.88. The molecule has 0 saturated carbocycles. The van der Waals surface area contributed by atoms with Gasteiger partial charge in [0.05, 0.1) is 10.9 Å². The van der Waals surface area contributed by atoms with Crippen molar-refractivity contribution in [1.82, 2.24) is 15.0 Å². The zero-order valence-corrected chi connectivity index (χ0v) is 11.3. The minimum absolute atomic E-state index is 0.0139. The molecular formula is C13H12N4OS. The first-order valence-electron chi connectivity index (χ1n) is 5.74. The van der Waals surface area contributed by atoms with Gasteiger partial charge >= 0.3 is 0 Å². The second-order valence-electron chi connectivity index (χ2n) is 4.30. The van der Waals surface area contributed by atoms with E-state index < -0.39 is 0 Å². The van der Waals surface area contributed by atoms with Crippen molar-refractivity contribution in [2.75, 3.05) is 19.0 Å². The molecule has 3 rings (SSSR count). The van der Waals surface area contributed by atoms with Gasteiger partial charge in [0.15, 0.2) is 11.0 Å². The predicted molar refractivity (Wildman–Crippen MR) is 76.6 cm³/mol. The summed E-state index contributed by atoms with van der Waals surface area (Å²) in [5.41, 5.74) is 1.39. The molecule has 0 spiro atoms. The van der Waals surface area contributed by atoms with Gasteiger partial charge in [-0.25, -0.2) is 9.97 Å². The highest BCUT2D eigenvalue weighted by atomic mass is 32.1. The number of aromatic hydroxyl groups is 1. The van der Waals surface area contributed by atoms with Gasteiger partial charge in [0, 0.05) is 19.5 Å². The SMILES string of the molecule is CN(C)c1nc(-c2nc(O)c3ccccc3n2)cs1. The summed E-state index contributed by atoms with van der Waals surface area (Å²) in [6.07, 6.45) is 0. The first-order valence-corrected chi connectivity index (χ1v) is 6.62. The van der Waals surface area contributed by atoms with Gasteiger partial charge in [-0.05, 0) is 12.1 Å². The lowest BCUT2D eigenvalue weighted by molar-refractivity contribution is 0.460. The summed E-state index contributed by atoms with van der Waals surface area (Å²) in [6.45, 7) is 0. The minimum Gasteiger partial charge on any atom is -0.493 e. The second kappa shape index (κ2) is 4.47. The van der Waals surface area contributed by atoms with Crippen LogP contribution in [-0.4, -0.2) is 34.2 Å². The van der Waals surface area contributed by atoms with E-state index in [2.05, 4.69) is 15.0 Å². The lowest BCUT2D eigenvalue weighted by Gasteiger charge is -2.05. The molecule has 0 aliphatic carbocycles. The number of hydrogen-bond donors (Lipinski definition) is 1. The molecule has 96 valence electrons. The predicted octanol–water partition coefficient (Wildman–Crippen LogP) is 2.52. The Kier molecular flexibility index (Phi) is 2.79. The maximum Gasteiger partial charge on any atom is 0.222 e. The fourth-order valence-electron chi connectivity index (χ4n) is 1.75. The molecule has 19 heavy (non-hydrogen) atoms. The van der Waals surface area contributed by atoms with Gasteiger partial charge in [-0.3, -0.25) is 0 Å². The van der Waals surface area contributed by atoms with Gasteiger partial charge < -0.3 is 10.0 Å². The highest BCUT2D eigenvalue weighted by molar-refractivity contribution is 7.14. The van der Waals surface area contributed by atoms with Crippen molar-refractivity contribution in [2.45, 2.75) is 0 Å². The van der Waals surface area contributed by atoms with E-state index in [-0.39, 0.29) is 5.88 Å². The Bertz CT molecular complexity index is 738. The molecule has 0 fully saturated rings. The topological polar surface area (TPSA) is 62.1 Å². The Labute approximate surface area is 114 Å². The molecule has 0 saturated heterocycles. The van der Waals surface area contributed by atoms with E-state index in [0.29, 0.717) is 22.4 Å². The van der Waals surface area contributed by atoms with Crippen molar-refractivity contribution < 1.29 is 5.11 Å². The number of rotatable bonds is 2. The minimum atomic E-state index is -0.0139. The van der Waals surface area contributed by atoms with E-state index in [1.165, 1.54) is 11.3 Å². The molecule has 2 aromatic heterocycles. The molecule has 0 bridgehead atoms. The van der Waals surface area contributed by atoms with Crippen molar-refractivity contribution in [3.05, 3.63) is 29.6 Å². The largest absolute Gasteiger partial charge is 0.493 e. The van der Waals surface area contributed by atoms with Crippen LogP contribution in [0.5, 0.6) is 5.88 Å². The fraction of sp³-hybridized carbons (Fsp3) is 0.154. The molecule has 2 heterocycles. The highest BCUT2D eigenvalue weighted by Gasteiger charge is 2.12. The molecule has 1 aromatic carbocycles. The van der Waals surface area contributed by atoms with E-state index >= 15 is 0 Å². The normalized spacial score (nSPS) is 10.8. The Morgan fingerprint density at radius 3 is 2.63 bits per heavy atom.